The van der Waals surface area contributed by atoms with Crippen LogP contribution in [0.3, 0.4) is 0 Å². The van der Waals surface area contributed by atoms with Gasteiger partial charge in [0.25, 0.3) is 5.69 Å². The molecule has 4 N–H and O–H groups in total. The maximum atomic E-state index is 11.3. The van der Waals surface area contributed by atoms with Crippen molar-refractivity contribution in [3.63, 3.8) is 0 Å². The van der Waals surface area contributed by atoms with Gasteiger partial charge in [-0.3, -0.25) is 10.1 Å². The van der Waals surface area contributed by atoms with Gasteiger partial charge in [0.1, 0.15) is 0 Å². The van der Waals surface area contributed by atoms with Gasteiger partial charge in [0, 0.05) is 41.2 Å². The fourth-order valence-corrected chi connectivity index (χ4v) is 3.65. The number of aliphatic hydroxyl groups excluding tert-OH is 1. The molecule has 0 amide bonds. The van der Waals surface area contributed by atoms with E-state index in [0.717, 1.165) is 24.3 Å². The van der Waals surface area contributed by atoms with E-state index in [-0.39, 0.29) is 5.69 Å². The molecule has 1 aliphatic rings. The van der Waals surface area contributed by atoms with Gasteiger partial charge in [0.2, 0.25) is 0 Å². The van der Waals surface area contributed by atoms with E-state index in [2.05, 4.69) is 22.9 Å². The molecule has 1 unspecified atom stereocenters. The van der Waals surface area contributed by atoms with Crippen molar-refractivity contribution in [3.05, 3.63) is 99.6 Å². The van der Waals surface area contributed by atoms with Gasteiger partial charge in [0.05, 0.1) is 10.6 Å². The Kier molecular flexibility index (Phi) is 5.97. The van der Waals surface area contributed by atoms with Crippen molar-refractivity contribution < 1.29 is 10.0 Å². The van der Waals surface area contributed by atoms with E-state index in [4.69, 9.17) is 0 Å². The Labute approximate surface area is 180 Å². The second-order valence-corrected chi connectivity index (χ2v) is 7.29. The lowest BCUT2D eigenvalue weighted by Crippen LogP contribution is -2.16. The summed E-state index contributed by atoms with van der Waals surface area (Å²) in [5, 5.41) is 31.9. The molecule has 0 spiro atoms. The fraction of sp³-hybridized carbons (Fsp3) is 0.167. The van der Waals surface area contributed by atoms with Crippen molar-refractivity contribution in [3.8, 4) is 0 Å². The number of nitrogens with one attached hydrogen (secondary N) is 3. The molecule has 0 aliphatic carbocycles. The molecule has 0 aromatic heterocycles. The lowest BCUT2D eigenvalue weighted by Gasteiger charge is -2.18. The Morgan fingerprint density at radius 2 is 1.84 bits per heavy atom. The van der Waals surface area contributed by atoms with Crippen molar-refractivity contribution >= 4 is 28.3 Å². The van der Waals surface area contributed by atoms with Crippen LogP contribution >= 0.6 is 0 Å². The first kappa shape index (κ1) is 20.6. The van der Waals surface area contributed by atoms with Crippen molar-refractivity contribution in [2.75, 3.05) is 17.2 Å². The average molecular weight is 416 g/mol. The van der Waals surface area contributed by atoms with E-state index in [9.17, 15) is 15.2 Å². The van der Waals surface area contributed by atoms with Crippen molar-refractivity contribution in [1.82, 2.24) is 5.32 Å². The molecule has 1 aliphatic heterocycles. The smallest absolute Gasteiger partial charge is 0.270 e. The van der Waals surface area contributed by atoms with Crippen LogP contribution in [0.15, 0.2) is 72.8 Å². The van der Waals surface area contributed by atoms with Crippen LogP contribution in [0, 0.1) is 10.1 Å². The van der Waals surface area contributed by atoms with E-state index >= 15 is 0 Å². The molecule has 0 saturated heterocycles. The Balaban J connectivity index is 1.79. The zero-order valence-electron chi connectivity index (χ0n) is 17.1. The summed E-state index contributed by atoms with van der Waals surface area (Å²) < 4.78 is 0. The highest BCUT2D eigenvalue weighted by molar-refractivity contribution is 6.03. The predicted octanol–water partition coefficient (Wildman–Crippen LogP) is 4.43. The molecular weight excluding hydrogens is 392 g/mol. The Hall–Kier alpha value is -3.68. The first-order valence-corrected chi connectivity index (χ1v) is 10.2. The van der Waals surface area contributed by atoms with Crippen LogP contribution in [0.2, 0.25) is 0 Å². The molecule has 0 fully saturated rings. The maximum Gasteiger partial charge on any atom is 0.270 e. The lowest BCUT2D eigenvalue weighted by atomic mass is 9.99. The van der Waals surface area contributed by atoms with E-state index < -0.39 is 11.2 Å². The number of hydrogen-bond acceptors (Lipinski definition) is 6. The minimum Gasteiger partial charge on any atom is -0.369 e. The highest BCUT2D eigenvalue weighted by Gasteiger charge is 2.30. The second kappa shape index (κ2) is 8.99. The number of fused-ring (bicyclic) bond motifs is 1. The molecule has 7 heteroatoms. The summed E-state index contributed by atoms with van der Waals surface area (Å²) in [6.07, 6.45) is -0.993. The summed E-state index contributed by atoms with van der Waals surface area (Å²) in [6, 6.07) is 22.2. The van der Waals surface area contributed by atoms with E-state index in [1.54, 1.807) is 6.07 Å². The first-order valence-electron chi connectivity index (χ1n) is 10.2. The number of rotatable bonds is 7. The van der Waals surface area contributed by atoms with Crippen LogP contribution in [0.5, 0.6) is 0 Å². The van der Waals surface area contributed by atoms with Gasteiger partial charge < -0.3 is 21.1 Å². The molecule has 3 aromatic rings. The van der Waals surface area contributed by atoms with Crippen LogP contribution in [0.4, 0.5) is 17.1 Å². The zero-order valence-corrected chi connectivity index (χ0v) is 17.1. The Morgan fingerprint density at radius 1 is 1.10 bits per heavy atom. The molecule has 4 rings (SSSR count). The molecule has 3 aromatic carbocycles. The van der Waals surface area contributed by atoms with Gasteiger partial charge in [0.15, 0.2) is 6.23 Å². The number of aliphatic hydroxyl groups is 1. The highest BCUT2D eigenvalue weighted by atomic mass is 16.6. The number of nitrogens with zero attached hydrogens (tertiary/aromatic N) is 1. The van der Waals surface area contributed by atoms with E-state index in [1.165, 1.54) is 17.7 Å². The fourth-order valence-electron chi connectivity index (χ4n) is 3.65. The van der Waals surface area contributed by atoms with Crippen LogP contribution in [0.1, 0.15) is 23.6 Å². The van der Waals surface area contributed by atoms with Gasteiger partial charge in [-0.15, -0.1) is 0 Å². The third kappa shape index (κ3) is 4.42. The number of nitro groups is 1. The average Bonchev–Trinajstić information content (AvgIpc) is 3.12. The first-order chi connectivity index (χ1) is 15.1. The number of benzene rings is 3. The molecule has 0 saturated carbocycles. The molecule has 1 heterocycles. The van der Waals surface area contributed by atoms with Crippen LogP contribution in [-0.2, 0) is 6.54 Å². The summed E-state index contributed by atoms with van der Waals surface area (Å²) >= 11 is 0. The summed E-state index contributed by atoms with van der Waals surface area (Å²) in [7, 11) is 0. The molecular formula is C24H24N4O3. The standard InChI is InChI=1S/C24H24N4O3/c1-2-25-15-16-8-10-18(11-9-16)26-23(17-6-4-3-5-7-17)22-20-14-19(28(30)31)12-13-21(20)27-24(22)29/h3-14,24-27,29H,2,15H2,1H3/b23-22-. The van der Waals surface area contributed by atoms with Crippen LogP contribution in [-0.4, -0.2) is 22.8 Å². The number of non-ortho nitro benzene ring substituents is 1. The predicted molar refractivity (Wildman–Crippen MR) is 123 cm³/mol. The topological polar surface area (TPSA) is 99.5 Å². The van der Waals surface area contributed by atoms with Gasteiger partial charge in [-0.25, -0.2) is 0 Å². The normalized spacial score (nSPS) is 16.4. The zero-order chi connectivity index (χ0) is 21.8. The summed E-state index contributed by atoms with van der Waals surface area (Å²) in [4.78, 5) is 10.9. The Morgan fingerprint density at radius 3 is 2.52 bits per heavy atom. The van der Waals surface area contributed by atoms with Gasteiger partial charge in [-0.1, -0.05) is 49.4 Å². The number of anilines is 2. The minimum atomic E-state index is -0.993. The molecule has 158 valence electrons. The highest BCUT2D eigenvalue weighted by Crippen LogP contribution is 2.41. The molecule has 0 bridgehead atoms. The monoisotopic (exact) mass is 416 g/mol. The van der Waals surface area contributed by atoms with Gasteiger partial charge >= 0.3 is 0 Å². The van der Waals surface area contributed by atoms with Gasteiger partial charge in [-0.05, 0) is 35.9 Å². The van der Waals surface area contributed by atoms with E-state index in [1.807, 2.05) is 54.6 Å². The number of hydrogen-bond donors (Lipinski definition) is 4. The largest absolute Gasteiger partial charge is 0.369 e. The van der Waals surface area contributed by atoms with E-state index in [0.29, 0.717) is 22.5 Å². The van der Waals surface area contributed by atoms with Crippen LogP contribution in [0.25, 0.3) is 11.3 Å². The number of nitro benzene ring substituents is 1. The minimum absolute atomic E-state index is 0.0210. The molecule has 0 radical (unpaired) electrons. The summed E-state index contributed by atoms with van der Waals surface area (Å²) in [6.45, 7) is 3.77. The SMILES string of the molecule is CCNCc1ccc(N/C(=C2/c3cc([N+](=O)[O-])ccc3NC2O)c2ccccc2)cc1. The van der Waals surface area contributed by atoms with Crippen molar-refractivity contribution in [2.24, 2.45) is 0 Å². The second-order valence-electron chi connectivity index (χ2n) is 7.29. The van der Waals surface area contributed by atoms with Gasteiger partial charge in [-0.2, -0.15) is 0 Å². The van der Waals surface area contributed by atoms with Crippen molar-refractivity contribution in [2.45, 2.75) is 19.7 Å². The third-order valence-corrected chi connectivity index (χ3v) is 5.20. The lowest BCUT2D eigenvalue weighted by molar-refractivity contribution is -0.384. The maximum absolute atomic E-state index is 11.3. The summed E-state index contributed by atoms with van der Waals surface area (Å²) in [5.74, 6) is 0. The molecule has 1 atom stereocenters. The Bertz CT molecular complexity index is 1110. The van der Waals surface area contributed by atoms with Crippen LogP contribution < -0.4 is 16.0 Å². The third-order valence-electron chi connectivity index (χ3n) is 5.20. The molecule has 7 nitrogen and oxygen atoms in total. The quantitative estimate of drug-likeness (QED) is 0.336. The molecule has 31 heavy (non-hydrogen) atoms. The van der Waals surface area contributed by atoms with Crippen molar-refractivity contribution in [1.29, 1.82) is 0 Å². The summed E-state index contributed by atoms with van der Waals surface area (Å²) in [5.41, 5.74) is 5.41.